The first-order valence-corrected chi connectivity index (χ1v) is 5.41. The Balaban J connectivity index is 2.56. The normalized spacial score (nSPS) is 24.9. The first kappa shape index (κ1) is 10.3. The zero-order chi connectivity index (χ0) is 10.3. The van der Waals surface area contributed by atoms with E-state index >= 15 is 0 Å². The zero-order valence-electron chi connectivity index (χ0n) is 7.93. The quantitative estimate of drug-likeness (QED) is 0.773. The van der Waals surface area contributed by atoms with E-state index in [2.05, 4.69) is 15.9 Å². The number of methoxy groups -OCH3 is 1. The van der Waals surface area contributed by atoms with Crippen molar-refractivity contribution in [3.8, 4) is 5.75 Å². The lowest BCUT2D eigenvalue weighted by Gasteiger charge is -2.13. The van der Waals surface area contributed by atoms with E-state index in [-0.39, 0.29) is 5.60 Å². The average Bonchev–Trinajstić information content (AvgIpc) is 2.84. The number of hydrogen-bond acceptors (Lipinski definition) is 2. The molecule has 2 rings (SSSR count). The van der Waals surface area contributed by atoms with Crippen molar-refractivity contribution in [3.63, 3.8) is 0 Å². The van der Waals surface area contributed by atoms with Gasteiger partial charge in [0.1, 0.15) is 11.4 Å². The molecule has 1 saturated heterocycles. The van der Waals surface area contributed by atoms with E-state index in [9.17, 15) is 0 Å². The smallest absolute Gasteiger partial charge is 0.139 e. The average molecular weight is 278 g/mol. The molecule has 1 aliphatic heterocycles. The fraction of sp³-hybridized carbons (Fsp3) is 0.400. The zero-order valence-corrected chi connectivity index (χ0v) is 10.3. The highest BCUT2D eigenvalue weighted by molar-refractivity contribution is 9.10. The molecule has 1 unspecified atom stereocenters. The molecule has 0 amide bonds. The molecule has 0 saturated carbocycles. The number of halogens is 2. The molecule has 4 heteroatoms. The van der Waals surface area contributed by atoms with Gasteiger partial charge < -0.3 is 9.47 Å². The van der Waals surface area contributed by atoms with Gasteiger partial charge in [-0.2, -0.15) is 0 Å². The molecule has 1 aromatic rings. The second-order valence-corrected chi connectivity index (χ2v) is 4.78. The van der Waals surface area contributed by atoms with Crippen LogP contribution in [0.25, 0.3) is 0 Å². The summed E-state index contributed by atoms with van der Waals surface area (Å²) in [6.45, 7) is 2.74. The monoisotopic (exact) mass is 276 g/mol. The summed E-state index contributed by atoms with van der Waals surface area (Å²) in [5.41, 5.74) is 0.776. The Hall–Kier alpha value is -0.250. The largest absolute Gasteiger partial charge is 0.495 e. The number of epoxide rings is 1. The molecule has 1 fully saturated rings. The van der Waals surface area contributed by atoms with Gasteiger partial charge in [0, 0.05) is 10.6 Å². The summed E-state index contributed by atoms with van der Waals surface area (Å²) < 4.78 is 11.5. The Bertz CT molecular complexity index is 375. The fourth-order valence-electron chi connectivity index (χ4n) is 1.42. The Morgan fingerprint density at radius 3 is 2.71 bits per heavy atom. The predicted octanol–water partition coefficient (Wildman–Crippen LogP) is 3.36. The molecule has 76 valence electrons. The fourth-order valence-corrected chi connectivity index (χ4v) is 2.40. The molecule has 0 bridgehead atoms. The van der Waals surface area contributed by atoms with Crippen molar-refractivity contribution in [3.05, 3.63) is 27.2 Å². The topological polar surface area (TPSA) is 21.8 Å². The van der Waals surface area contributed by atoms with Crippen LogP contribution in [-0.4, -0.2) is 13.7 Å². The maximum Gasteiger partial charge on any atom is 0.139 e. The van der Waals surface area contributed by atoms with E-state index in [0.29, 0.717) is 5.02 Å². The summed E-state index contributed by atoms with van der Waals surface area (Å²) in [6.07, 6.45) is 0. The molecule has 0 N–H and O–H groups in total. The van der Waals surface area contributed by atoms with Gasteiger partial charge in [0.25, 0.3) is 0 Å². The number of rotatable bonds is 2. The molecular weight excluding hydrogens is 267 g/mol. The lowest BCUT2D eigenvalue weighted by Crippen LogP contribution is -2.05. The second kappa shape index (κ2) is 3.40. The molecule has 0 aliphatic carbocycles. The minimum absolute atomic E-state index is 0.223. The van der Waals surface area contributed by atoms with Gasteiger partial charge >= 0.3 is 0 Å². The van der Waals surface area contributed by atoms with Crippen LogP contribution < -0.4 is 4.74 Å². The van der Waals surface area contributed by atoms with E-state index in [0.717, 1.165) is 22.4 Å². The summed E-state index contributed by atoms with van der Waals surface area (Å²) >= 11 is 9.39. The highest BCUT2D eigenvalue weighted by Gasteiger charge is 2.44. The van der Waals surface area contributed by atoms with Crippen molar-refractivity contribution < 1.29 is 9.47 Å². The molecule has 1 aliphatic rings. The van der Waals surface area contributed by atoms with Crippen LogP contribution in [0, 0.1) is 0 Å². The molecular formula is C10H10BrClO2. The van der Waals surface area contributed by atoms with Gasteiger partial charge in [-0.3, -0.25) is 0 Å². The van der Waals surface area contributed by atoms with Gasteiger partial charge in [-0.1, -0.05) is 11.6 Å². The van der Waals surface area contributed by atoms with Crippen LogP contribution in [0.4, 0.5) is 0 Å². The van der Waals surface area contributed by atoms with Crippen LogP contribution in [0.1, 0.15) is 12.5 Å². The van der Waals surface area contributed by atoms with E-state index < -0.39 is 0 Å². The highest BCUT2D eigenvalue weighted by atomic mass is 79.9. The third kappa shape index (κ3) is 1.64. The summed E-state index contributed by atoms with van der Waals surface area (Å²) in [4.78, 5) is 0. The highest BCUT2D eigenvalue weighted by Crippen LogP contribution is 2.46. The molecule has 1 heterocycles. The van der Waals surface area contributed by atoms with Gasteiger partial charge in [0.15, 0.2) is 0 Å². The van der Waals surface area contributed by atoms with Crippen LogP contribution in [0.15, 0.2) is 16.6 Å². The van der Waals surface area contributed by atoms with Crippen molar-refractivity contribution in [1.29, 1.82) is 0 Å². The summed E-state index contributed by atoms with van der Waals surface area (Å²) in [6, 6.07) is 3.70. The summed E-state index contributed by atoms with van der Waals surface area (Å²) in [7, 11) is 1.64. The molecule has 1 atom stereocenters. The van der Waals surface area contributed by atoms with Crippen molar-refractivity contribution in [2.75, 3.05) is 13.7 Å². The number of hydrogen-bond donors (Lipinski definition) is 0. The second-order valence-electron chi connectivity index (χ2n) is 3.49. The first-order valence-electron chi connectivity index (χ1n) is 4.24. The van der Waals surface area contributed by atoms with Crippen LogP contribution in [0.5, 0.6) is 5.75 Å². The maximum atomic E-state index is 5.97. The lowest BCUT2D eigenvalue weighted by molar-refractivity contribution is 0.315. The SMILES string of the molecule is COc1c(Br)cc(Cl)cc1C1(C)CO1. The third-order valence-corrected chi connectivity index (χ3v) is 3.17. The third-order valence-electron chi connectivity index (χ3n) is 2.36. The van der Waals surface area contributed by atoms with Crippen LogP contribution in [0.2, 0.25) is 5.02 Å². The Labute approximate surface area is 96.3 Å². The van der Waals surface area contributed by atoms with Crippen LogP contribution in [-0.2, 0) is 10.3 Å². The van der Waals surface area contributed by atoms with E-state index in [1.54, 1.807) is 7.11 Å². The van der Waals surface area contributed by atoms with Gasteiger partial charge in [-0.15, -0.1) is 0 Å². The van der Waals surface area contributed by atoms with E-state index in [4.69, 9.17) is 21.1 Å². The van der Waals surface area contributed by atoms with Crippen molar-refractivity contribution >= 4 is 27.5 Å². The van der Waals surface area contributed by atoms with Crippen LogP contribution in [0.3, 0.4) is 0 Å². The molecule has 0 aromatic heterocycles. The van der Waals surface area contributed by atoms with Crippen molar-refractivity contribution in [2.45, 2.75) is 12.5 Å². The maximum absolute atomic E-state index is 5.97. The Morgan fingerprint density at radius 1 is 1.57 bits per heavy atom. The van der Waals surface area contributed by atoms with Crippen molar-refractivity contribution in [2.24, 2.45) is 0 Å². The van der Waals surface area contributed by atoms with Gasteiger partial charge in [0.2, 0.25) is 0 Å². The van der Waals surface area contributed by atoms with E-state index in [1.807, 2.05) is 19.1 Å². The Kier molecular flexibility index (Phi) is 2.50. The standard InChI is InChI=1S/C10H10BrClO2/c1-10(5-14-10)7-3-6(12)4-8(11)9(7)13-2/h3-4H,5H2,1-2H3. The number of benzene rings is 1. The van der Waals surface area contributed by atoms with Crippen LogP contribution >= 0.6 is 27.5 Å². The summed E-state index contributed by atoms with van der Waals surface area (Å²) in [5.74, 6) is 0.800. The minimum atomic E-state index is -0.223. The van der Waals surface area contributed by atoms with Crippen molar-refractivity contribution in [1.82, 2.24) is 0 Å². The predicted molar refractivity (Wildman–Crippen MR) is 59.0 cm³/mol. The first-order chi connectivity index (χ1) is 6.57. The Morgan fingerprint density at radius 2 is 2.21 bits per heavy atom. The molecule has 2 nitrogen and oxygen atoms in total. The molecule has 1 aromatic carbocycles. The molecule has 0 spiro atoms. The molecule has 14 heavy (non-hydrogen) atoms. The minimum Gasteiger partial charge on any atom is -0.495 e. The molecule has 0 radical (unpaired) electrons. The van der Waals surface area contributed by atoms with Gasteiger partial charge in [-0.25, -0.2) is 0 Å². The summed E-state index contributed by atoms with van der Waals surface area (Å²) in [5, 5.41) is 0.685. The van der Waals surface area contributed by atoms with E-state index in [1.165, 1.54) is 0 Å². The van der Waals surface area contributed by atoms with Gasteiger partial charge in [0.05, 0.1) is 18.2 Å². The van der Waals surface area contributed by atoms with Gasteiger partial charge in [-0.05, 0) is 35.0 Å². The lowest BCUT2D eigenvalue weighted by atomic mass is 10.0. The number of ether oxygens (including phenoxy) is 2.